The Morgan fingerprint density at radius 2 is 1.65 bits per heavy atom. The van der Waals surface area contributed by atoms with Crippen molar-refractivity contribution in [1.29, 1.82) is 0 Å². The Hall–Kier alpha value is -2.41. The minimum atomic E-state index is -0.167. The number of carbonyl (C=O) groups excluding carboxylic acids is 1. The van der Waals surface area contributed by atoms with Crippen LogP contribution in [0.25, 0.3) is 0 Å². The van der Waals surface area contributed by atoms with Crippen LogP contribution in [0.4, 0.5) is 0 Å². The third kappa shape index (κ3) is 4.29. The molecule has 0 aliphatic rings. The molecule has 4 heteroatoms. The molecule has 2 aromatic carbocycles. The summed E-state index contributed by atoms with van der Waals surface area (Å²) in [5.74, 6) is 6.65. The molecule has 0 N–H and O–H groups in total. The van der Waals surface area contributed by atoms with Gasteiger partial charge in [-0.05, 0) is 66.2 Å². The Balaban J connectivity index is 1.70. The minimum Gasteiger partial charge on any atom is -0.444 e. The number of rotatable bonds is 2. The molecule has 0 bridgehead atoms. The SMILES string of the molecule is O=C(Sc1ccc(Cl)cc1)c1ccc(C#Cc2ccccc2)o1. The number of halogens is 1. The lowest BCUT2D eigenvalue weighted by Crippen LogP contribution is -1.89. The molecule has 0 saturated heterocycles. The van der Waals surface area contributed by atoms with E-state index in [9.17, 15) is 4.79 Å². The number of carbonyl (C=O) groups is 1. The summed E-state index contributed by atoms with van der Waals surface area (Å²) in [6.45, 7) is 0. The van der Waals surface area contributed by atoms with E-state index in [2.05, 4.69) is 11.8 Å². The molecule has 23 heavy (non-hydrogen) atoms. The molecule has 0 unspecified atom stereocenters. The van der Waals surface area contributed by atoms with Crippen LogP contribution in [0.2, 0.25) is 5.02 Å². The van der Waals surface area contributed by atoms with Crippen LogP contribution in [0.15, 0.2) is 76.0 Å². The van der Waals surface area contributed by atoms with Gasteiger partial charge in [0.25, 0.3) is 5.12 Å². The van der Waals surface area contributed by atoms with Gasteiger partial charge in [0.15, 0.2) is 11.5 Å². The lowest BCUT2D eigenvalue weighted by molar-refractivity contribution is 0.106. The lowest BCUT2D eigenvalue weighted by Gasteiger charge is -1.98. The fourth-order valence-electron chi connectivity index (χ4n) is 1.83. The highest BCUT2D eigenvalue weighted by Crippen LogP contribution is 2.25. The van der Waals surface area contributed by atoms with E-state index >= 15 is 0 Å². The van der Waals surface area contributed by atoms with E-state index in [1.54, 1.807) is 36.4 Å². The number of benzene rings is 2. The topological polar surface area (TPSA) is 30.2 Å². The van der Waals surface area contributed by atoms with Crippen molar-refractivity contribution in [3.8, 4) is 11.8 Å². The number of hydrogen-bond donors (Lipinski definition) is 0. The lowest BCUT2D eigenvalue weighted by atomic mass is 10.2. The van der Waals surface area contributed by atoms with Crippen molar-refractivity contribution in [3.05, 3.63) is 88.8 Å². The quantitative estimate of drug-likeness (QED) is 0.471. The Morgan fingerprint density at radius 3 is 2.39 bits per heavy atom. The average Bonchev–Trinajstić information content (AvgIpc) is 3.05. The van der Waals surface area contributed by atoms with Gasteiger partial charge in [-0.25, -0.2) is 0 Å². The molecule has 0 spiro atoms. The van der Waals surface area contributed by atoms with E-state index in [-0.39, 0.29) is 10.9 Å². The van der Waals surface area contributed by atoms with Crippen LogP contribution in [-0.2, 0) is 0 Å². The smallest absolute Gasteiger partial charge is 0.259 e. The highest BCUT2D eigenvalue weighted by molar-refractivity contribution is 8.14. The summed E-state index contributed by atoms with van der Waals surface area (Å²) >= 11 is 6.92. The predicted molar refractivity (Wildman–Crippen MR) is 92.8 cm³/mol. The highest BCUT2D eigenvalue weighted by Gasteiger charge is 2.12. The average molecular weight is 339 g/mol. The minimum absolute atomic E-state index is 0.167. The van der Waals surface area contributed by atoms with Crippen LogP contribution in [0.5, 0.6) is 0 Å². The van der Waals surface area contributed by atoms with E-state index < -0.39 is 0 Å². The number of furan rings is 1. The van der Waals surface area contributed by atoms with Gasteiger partial charge in [0.05, 0.1) is 0 Å². The third-order valence-corrected chi connectivity index (χ3v) is 4.08. The van der Waals surface area contributed by atoms with Gasteiger partial charge in [-0.3, -0.25) is 4.79 Å². The van der Waals surface area contributed by atoms with Gasteiger partial charge < -0.3 is 4.42 Å². The zero-order chi connectivity index (χ0) is 16.1. The molecular weight excluding hydrogens is 328 g/mol. The standard InChI is InChI=1S/C19H11ClO2S/c20-15-7-11-17(12-8-15)23-19(21)18-13-10-16(22-18)9-6-14-4-2-1-3-5-14/h1-5,7-8,10-13H. The normalized spacial score (nSPS) is 9.96. The van der Waals surface area contributed by atoms with Crippen molar-refractivity contribution >= 4 is 28.5 Å². The maximum atomic E-state index is 12.2. The van der Waals surface area contributed by atoms with E-state index in [1.807, 2.05) is 30.3 Å². The van der Waals surface area contributed by atoms with Gasteiger partial charge in [-0.15, -0.1) is 0 Å². The molecule has 112 valence electrons. The van der Waals surface area contributed by atoms with E-state index in [1.165, 1.54) is 0 Å². The number of hydrogen-bond acceptors (Lipinski definition) is 3. The zero-order valence-electron chi connectivity index (χ0n) is 12.0. The van der Waals surface area contributed by atoms with Crippen LogP contribution >= 0.6 is 23.4 Å². The van der Waals surface area contributed by atoms with Gasteiger partial charge in [0.1, 0.15) is 0 Å². The molecule has 0 radical (unpaired) electrons. The van der Waals surface area contributed by atoms with Gasteiger partial charge in [0, 0.05) is 15.5 Å². The fourth-order valence-corrected chi connectivity index (χ4v) is 2.65. The van der Waals surface area contributed by atoms with Gasteiger partial charge in [-0.2, -0.15) is 0 Å². The summed E-state index contributed by atoms with van der Waals surface area (Å²) in [5, 5.41) is 0.471. The molecule has 0 fully saturated rings. The molecule has 3 rings (SSSR count). The van der Waals surface area contributed by atoms with Gasteiger partial charge in [-0.1, -0.05) is 35.7 Å². The molecule has 0 aliphatic heterocycles. The van der Waals surface area contributed by atoms with E-state index in [0.29, 0.717) is 10.8 Å². The van der Waals surface area contributed by atoms with Crippen molar-refractivity contribution in [2.45, 2.75) is 4.90 Å². The zero-order valence-corrected chi connectivity index (χ0v) is 13.5. The van der Waals surface area contributed by atoms with Crippen LogP contribution in [0.1, 0.15) is 21.9 Å². The molecule has 0 saturated carbocycles. The fraction of sp³-hybridized carbons (Fsp3) is 0. The van der Waals surface area contributed by atoms with Crippen LogP contribution in [-0.4, -0.2) is 5.12 Å². The van der Waals surface area contributed by atoms with Crippen molar-refractivity contribution in [2.75, 3.05) is 0 Å². The summed E-state index contributed by atoms with van der Waals surface area (Å²) in [5.41, 5.74) is 0.896. The summed E-state index contributed by atoms with van der Waals surface area (Å²) in [6, 6.07) is 20.0. The molecule has 0 atom stereocenters. The van der Waals surface area contributed by atoms with Crippen LogP contribution < -0.4 is 0 Å². The first-order valence-corrected chi connectivity index (χ1v) is 8.05. The van der Waals surface area contributed by atoms with E-state index in [4.69, 9.17) is 16.0 Å². The van der Waals surface area contributed by atoms with Crippen molar-refractivity contribution in [3.63, 3.8) is 0 Å². The first-order chi connectivity index (χ1) is 11.2. The first-order valence-electron chi connectivity index (χ1n) is 6.85. The van der Waals surface area contributed by atoms with Crippen molar-refractivity contribution in [1.82, 2.24) is 0 Å². The van der Waals surface area contributed by atoms with Crippen LogP contribution in [0.3, 0.4) is 0 Å². The van der Waals surface area contributed by atoms with Crippen molar-refractivity contribution in [2.24, 2.45) is 0 Å². The maximum absolute atomic E-state index is 12.2. The molecule has 3 aromatic rings. The largest absolute Gasteiger partial charge is 0.444 e. The molecule has 1 aromatic heterocycles. The Morgan fingerprint density at radius 1 is 0.913 bits per heavy atom. The van der Waals surface area contributed by atoms with Crippen molar-refractivity contribution < 1.29 is 9.21 Å². The molecule has 2 nitrogen and oxygen atoms in total. The molecule has 0 aliphatic carbocycles. The summed E-state index contributed by atoms with van der Waals surface area (Å²) in [7, 11) is 0. The third-order valence-electron chi connectivity index (χ3n) is 2.94. The monoisotopic (exact) mass is 338 g/mol. The Bertz CT molecular complexity index is 871. The Labute approximate surface area is 143 Å². The second kappa shape index (κ2) is 7.23. The predicted octanol–water partition coefficient (Wildman–Crippen LogP) is 5.27. The number of thioether (sulfide) groups is 1. The van der Waals surface area contributed by atoms with E-state index in [0.717, 1.165) is 22.2 Å². The molecular formula is C19H11ClO2S. The maximum Gasteiger partial charge on any atom is 0.259 e. The second-order valence-electron chi connectivity index (χ2n) is 4.62. The van der Waals surface area contributed by atoms with Crippen LogP contribution in [0, 0.1) is 11.8 Å². The Kier molecular flexibility index (Phi) is 4.87. The van der Waals surface area contributed by atoms with Gasteiger partial charge in [0.2, 0.25) is 0 Å². The summed E-state index contributed by atoms with van der Waals surface area (Å²) < 4.78 is 5.49. The first kappa shape index (κ1) is 15.5. The summed E-state index contributed by atoms with van der Waals surface area (Å²) in [6.07, 6.45) is 0. The van der Waals surface area contributed by atoms with Gasteiger partial charge >= 0.3 is 0 Å². The highest BCUT2D eigenvalue weighted by atomic mass is 35.5. The second-order valence-corrected chi connectivity index (χ2v) is 6.11. The molecule has 0 amide bonds. The summed E-state index contributed by atoms with van der Waals surface area (Å²) in [4.78, 5) is 13.0. The molecule has 1 heterocycles.